The number of rotatable bonds is 6. The van der Waals surface area contributed by atoms with Crippen LogP contribution in [0.15, 0.2) is 29.5 Å². The van der Waals surface area contributed by atoms with E-state index in [-0.39, 0.29) is 29.1 Å². The molecule has 2 amide bonds. The van der Waals surface area contributed by atoms with Gasteiger partial charge in [-0.15, -0.1) is 0 Å². The van der Waals surface area contributed by atoms with E-state index in [2.05, 4.69) is 10.6 Å². The molecular formula is C17H19N3O7. The van der Waals surface area contributed by atoms with Crippen LogP contribution in [0.4, 0.5) is 10.5 Å². The Morgan fingerprint density at radius 1 is 1.26 bits per heavy atom. The Morgan fingerprint density at radius 2 is 1.96 bits per heavy atom. The van der Waals surface area contributed by atoms with Crippen LogP contribution < -0.4 is 10.6 Å². The number of nitrogens with zero attached hydrogens (tertiary/aromatic N) is 1. The Hall–Kier alpha value is -3.43. The number of hydrogen-bond donors (Lipinski definition) is 2. The van der Waals surface area contributed by atoms with E-state index in [0.29, 0.717) is 5.56 Å². The second-order valence-corrected chi connectivity index (χ2v) is 5.77. The first-order valence-corrected chi connectivity index (χ1v) is 8.14. The van der Waals surface area contributed by atoms with Gasteiger partial charge in [-0.3, -0.25) is 10.1 Å². The van der Waals surface area contributed by atoms with E-state index >= 15 is 0 Å². The summed E-state index contributed by atoms with van der Waals surface area (Å²) in [6.45, 7) is 4.53. The number of aryl methyl sites for hydroxylation is 1. The minimum absolute atomic E-state index is 0.0149. The summed E-state index contributed by atoms with van der Waals surface area (Å²) < 4.78 is 10.1. The number of carbonyl (C=O) groups excluding carboxylic acids is 3. The third-order valence-corrected chi connectivity index (χ3v) is 3.85. The van der Waals surface area contributed by atoms with Gasteiger partial charge in [0.1, 0.15) is 6.61 Å². The van der Waals surface area contributed by atoms with Crippen LogP contribution in [0.25, 0.3) is 0 Å². The van der Waals surface area contributed by atoms with Gasteiger partial charge in [-0.05, 0) is 26.8 Å². The van der Waals surface area contributed by atoms with Crippen LogP contribution in [0.5, 0.6) is 0 Å². The van der Waals surface area contributed by atoms with Crippen molar-refractivity contribution in [3.8, 4) is 0 Å². The number of hydrogen-bond acceptors (Lipinski definition) is 7. The number of ether oxygens (including phenoxy) is 2. The molecule has 2 rings (SSSR count). The monoisotopic (exact) mass is 377 g/mol. The minimum Gasteiger partial charge on any atom is -0.463 e. The zero-order valence-corrected chi connectivity index (χ0v) is 15.0. The first-order chi connectivity index (χ1) is 12.7. The van der Waals surface area contributed by atoms with Gasteiger partial charge in [-0.1, -0.05) is 6.07 Å². The lowest BCUT2D eigenvalue weighted by Gasteiger charge is -2.26. The predicted octanol–water partition coefficient (Wildman–Crippen LogP) is 1.58. The fraction of sp³-hybridized carbons (Fsp3) is 0.353. The van der Waals surface area contributed by atoms with E-state index in [1.165, 1.54) is 12.1 Å². The van der Waals surface area contributed by atoms with E-state index in [4.69, 9.17) is 9.47 Å². The van der Waals surface area contributed by atoms with Crippen molar-refractivity contribution in [2.45, 2.75) is 26.8 Å². The summed E-state index contributed by atoms with van der Waals surface area (Å²) in [5.74, 6) is -1.47. The number of nitro groups is 1. The molecule has 1 aromatic carbocycles. The van der Waals surface area contributed by atoms with Gasteiger partial charge in [-0.2, -0.15) is 0 Å². The van der Waals surface area contributed by atoms with Crippen LogP contribution >= 0.6 is 0 Å². The normalized spacial score (nSPS) is 16.3. The number of urea groups is 1. The third-order valence-electron chi connectivity index (χ3n) is 3.85. The van der Waals surface area contributed by atoms with Crippen molar-refractivity contribution in [3.63, 3.8) is 0 Å². The lowest BCUT2D eigenvalue weighted by Crippen LogP contribution is -2.50. The molecule has 0 saturated carbocycles. The molecule has 0 spiro atoms. The van der Waals surface area contributed by atoms with Crippen LogP contribution in [0.2, 0.25) is 0 Å². The number of benzene rings is 1. The molecule has 1 aliphatic heterocycles. The fourth-order valence-electron chi connectivity index (χ4n) is 2.55. The third kappa shape index (κ3) is 4.60. The highest BCUT2D eigenvalue weighted by Crippen LogP contribution is 2.20. The van der Waals surface area contributed by atoms with E-state index < -0.39 is 35.5 Å². The highest BCUT2D eigenvalue weighted by molar-refractivity contribution is 5.95. The van der Waals surface area contributed by atoms with Gasteiger partial charge in [-0.25, -0.2) is 14.4 Å². The van der Waals surface area contributed by atoms with Gasteiger partial charge < -0.3 is 20.1 Å². The highest BCUT2D eigenvalue weighted by Gasteiger charge is 2.30. The molecule has 1 heterocycles. The molecule has 10 nitrogen and oxygen atoms in total. The molecule has 0 saturated heterocycles. The summed E-state index contributed by atoms with van der Waals surface area (Å²) in [6.07, 6.45) is 0. The molecule has 0 aromatic heterocycles. The quantitative estimate of drug-likeness (QED) is 0.436. The molecule has 27 heavy (non-hydrogen) atoms. The molecule has 0 radical (unpaired) electrons. The summed E-state index contributed by atoms with van der Waals surface area (Å²) in [7, 11) is 0. The van der Waals surface area contributed by atoms with Crippen molar-refractivity contribution in [2.75, 3.05) is 13.2 Å². The molecule has 2 N–H and O–H groups in total. The molecule has 10 heteroatoms. The zero-order chi connectivity index (χ0) is 20.1. The zero-order valence-electron chi connectivity index (χ0n) is 15.0. The molecule has 1 aliphatic rings. The smallest absolute Gasteiger partial charge is 0.338 e. The van der Waals surface area contributed by atoms with Crippen LogP contribution in [-0.2, 0) is 14.3 Å². The predicted molar refractivity (Wildman–Crippen MR) is 92.9 cm³/mol. The summed E-state index contributed by atoms with van der Waals surface area (Å²) >= 11 is 0. The second kappa shape index (κ2) is 8.30. The number of carbonyl (C=O) groups is 3. The standard InChI is InChI=1S/C17H19N3O7/c1-4-26-16(22)14-10(3)18-17(23)19-12(14)8-27-15(21)11-6-5-9(2)13(7-11)20(24)25/h5-7,10H,4,8H2,1-3H3,(H2,18,19,23)/t10-/m0/s1. The number of amides is 2. The summed E-state index contributed by atoms with van der Waals surface area (Å²) in [6, 6.07) is 2.77. The van der Waals surface area contributed by atoms with Gasteiger partial charge in [0, 0.05) is 11.6 Å². The molecule has 144 valence electrons. The average molecular weight is 377 g/mol. The maximum Gasteiger partial charge on any atom is 0.338 e. The molecule has 0 fully saturated rings. The molecular weight excluding hydrogens is 358 g/mol. The molecule has 1 atom stereocenters. The molecule has 0 unspecified atom stereocenters. The maximum absolute atomic E-state index is 12.2. The second-order valence-electron chi connectivity index (χ2n) is 5.77. The maximum atomic E-state index is 12.2. The van der Waals surface area contributed by atoms with Gasteiger partial charge >= 0.3 is 18.0 Å². The van der Waals surface area contributed by atoms with Crippen molar-refractivity contribution in [3.05, 3.63) is 50.7 Å². The largest absolute Gasteiger partial charge is 0.463 e. The van der Waals surface area contributed by atoms with Crippen molar-refractivity contribution >= 4 is 23.7 Å². The Balaban J connectivity index is 2.21. The summed E-state index contributed by atoms with van der Waals surface area (Å²) in [4.78, 5) is 46.4. The van der Waals surface area contributed by atoms with E-state index in [0.717, 1.165) is 6.07 Å². The number of nitrogens with one attached hydrogen (secondary N) is 2. The van der Waals surface area contributed by atoms with Gasteiger partial charge in [0.2, 0.25) is 0 Å². The Morgan fingerprint density at radius 3 is 2.59 bits per heavy atom. The van der Waals surface area contributed by atoms with E-state index in [1.807, 2.05) is 0 Å². The molecule has 0 bridgehead atoms. The lowest BCUT2D eigenvalue weighted by molar-refractivity contribution is -0.385. The first kappa shape index (κ1) is 19.9. The number of esters is 2. The lowest BCUT2D eigenvalue weighted by atomic mass is 10.0. The topological polar surface area (TPSA) is 137 Å². The molecule has 0 aliphatic carbocycles. The van der Waals surface area contributed by atoms with E-state index in [1.54, 1.807) is 20.8 Å². The van der Waals surface area contributed by atoms with Crippen molar-refractivity contribution in [1.82, 2.24) is 10.6 Å². The van der Waals surface area contributed by atoms with Crippen molar-refractivity contribution in [2.24, 2.45) is 0 Å². The van der Waals surface area contributed by atoms with Crippen LogP contribution in [0.1, 0.15) is 29.8 Å². The highest BCUT2D eigenvalue weighted by atomic mass is 16.6. The van der Waals surface area contributed by atoms with Crippen LogP contribution in [0.3, 0.4) is 0 Å². The fourth-order valence-corrected chi connectivity index (χ4v) is 2.55. The minimum atomic E-state index is -0.825. The SMILES string of the molecule is CCOC(=O)C1=C(COC(=O)c2ccc(C)c([N+](=O)[O-])c2)NC(=O)N[C@H]1C. The summed E-state index contributed by atoms with van der Waals surface area (Å²) in [5, 5.41) is 15.9. The first-order valence-electron chi connectivity index (χ1n) is 8.14. The Labute approximate surface area is 154 Å². The Kier molecular flexibility index (Phi) is 6.11. The van der Waals surface area contributed by atoms with Crippen molar-refractivity contribution in [1.29, 1.82) is 0 Å². The van der Waals surface area contributed by atoms with Gasteiger partial charge in [0.25, 0.3) is 5.69 Å². The summed E-state index contributed by atoms with van der Waals surface area (Å²) in [5.41, 5.74) is 0.417. The van der Waals surface area contributed by atoms with E-state index in [9.17, 15) is 24.5 Å². The van der Waals surface area contributed by atoms with Gasteiger partial charge in [0.15, 0.2) is 0 Å². The van der Waals surface area contributed by atoms with Crippen LogP contribution in [-0.4, -0.2) is 42.1 Å². The van der Waals surface area contributed by atoms with Crippen molar-refractivity contribution < 1.29 is 28.8 Å². The average Bonchev–Trinajstić information content (AvgIpc) is 2.59. The Bertz CT molecular complexity index is 832. The number of nitro benzene ring substituents is 1. The van der Waals surface area contributed by atoms with Gasteiger partial charge in [0.05, 0.1) is 34.4 Å². The molecule has 1 aromatic rings. The van der Waals surface area contributed by atoms with Crippen LogP contribution in [0, 0.1) is 17.0 Å².